The fourth-order valence-electron chi connectivity index (χ4n) is 3.73. The van der Waals surface area contributed by atoms with Gasteiger partial charge < -0.3 is 10.2 Å². The highest BCUT2D eigenvalue weighted by atomic mass is 16.2. The molecule has 2 fully saturated rings. The number of carbonyl (C=O) groups excluding carboxylic acids is 3. The maximum absolute atomic E-state index is 12.8. The van der Waals surface area contributed by atoms with Crippen molar-refractivity contribution in [3.05, 3.63) is 35.4 Å². The molecule has 1 N–H and O–H groups in total. The summed E-state index contributed by atoms with van der Waals surface area (Å²) in [5.41, 5.74) is 1.38. The van der Waals surface area contributed by atoms with E-state index in [2.05, 4.69) is 12.2 Å². The van der Waals surface area contributed by atoms with E-state index in [4.69, 9.17) is 0 Å². The molecule has 1 aromatic carbocycles. The minimum Gasteiger partial charge on any atom is -0.340 e. The Bertz CT molecular complexity index is 706. The van der Waals surface area contributed by atoms with E-state index < -0.39 is 11.6 Å². The van der Waals surface area contributed by atoms with Crippen LogP contribution in [0.4, 0.5) is 4.79 Å². The second-order valence-corrected chi connectivity index (χ2v) is 7.82. The molecule has 0 radical (unpaired) electrons. The van der Waals surface area contributed by atoms with Crippen LogP contribution < -0.4 is 5.32 Å². The molecule has 0 unspecified atom stereocenters. The zero-order valence-corrected chi connectivity index (χ0v) is 15.7. The summed E-state index contributed by atoms with van der Waals surface area (Å²) >= 11 is 0. The van der Waals surface area contributed by atoms with E-state index in [0.717, 1.165) is 28.9 Å². The first-order valence-corrected chi connectivity index (χ1v) is 9.24. The van der Waals surface area contributed by atoms with Crippen LogP contribution in [0.3, 0.4) is 0 Å². The van der Waals surface area contributed by atoms with E-state index in [1.165, 1.54) is 0 Å². The van der Waals surface area contributed by atoms with Gasteiger partial charge in [0.2, 0.25) is 5.91 Å². The first-order valence-electron chi connectivity index (χ1n) is 9.24. The smallest absolute Gasteiger partial charge is 0.325 e. The molecule has 26 heavy (non-hydrogen) atoms. The summed E-state index contributed by atoms with van der Waals surface area (Å²) in [6.45, 7) is 4.42. The van der Waals surface area contributed by atoms with Gasteiger partial charge in [-0.25, -0.2) is 4.79 Å². The molecule has 1 saturated heterocycles. The molecule has 0 atom stereocenters. The number of urea groups is 1. The number of amides is 4. The molecule has 1 aliphatic heterocycles. The van der Waals surface area contributed by atoms with Crippen LogP contribution in [0.1, 0.15) is 43.7 Å². The summed E-state index contributed by atoms with van der Waals surface area (Å²) in [7, 11) is 1.69. The highest BCUT2D eigenvalue weighted by Crippen LogP contribution is 2.36. The minimum absolute atomic E-state index is 0.204. The molecule has 1 aromatic rings. The zero-order valence-electron chi connectivity index (χ0n) is 15.7. The Labute approximate surface area is 154 Å². The number of aryl methyl sites for hydroxylation is 1. The molecule has 6 heteroatoms. The Balaban J connectivity index is 1.62. The topological polar surface area (TPSA) is 69.7 Å². The van der Waals surface area contributed by atoms with Crippen LogP contribution in [-0.2, 0) is 16.1 Å². The van der Waals surface area contributed by atoms with Gasteiger partial charge in [-0.1, -0.05) is 36.8 Å². The number of hydrogen-bond acceptors (Lipinski definition) is 3. The van der Waals surface area contributed by atoms with Crippen molar-refractivity contribution in [3.63, 3.8) is 0 Å². The lowest BCUT2D eigenvalue weighted by Crippen LogP contribution is -2.50. The molecule has 4 amide bonds. The number of nitrogens with one attached hydrogen (secondary N) is 1. The van der Waals surface area contributed by atoms with E-state index in [9.17, 15) is 14.4 Å². The third-order valence-electron chi connectivity index (χ3n) is 5.63. The molecular formula is C20H27N3O3. The number of benzene rings is 1. The molecular weight excluding hydrogens is 330 g/mol. The highest BCUT2D eigenvalue weighted by molar-refractivity contribution is 6.09. The van der Waals surface area contributed by atoms with Gasteiger partial charge in [-0.05, 0) is 44.1 Å². The highest BCUT2D eigenvalue weighted by Gasteiger charge is 2.52. The van der Waals surface area contributed by atoms with Gasteiger partial charge in [0.1, 0.15) is 12.1 Å². The SMILES string of the molecule is Cc1ccc(CN(C)C(=O)CN2C(=O)NC3(CCC(C)CC3)C2=O)cc1. The van der Waals surface area contributed by atoms with Crippen molar-refractivity contribution in [1.29, 1.82) is 0 Å². The maximum atomic E-state index is 12.8. The standard InChI is InChI=1S/C20H27N3O3/c1-14-4-6-16(7-5-14)12-22(3)17(24)13-23-18(25)20(21-19(23)26)10-8-15(2)9-11-20/h4-7,15H,8-13H2,1-3H3,(H,21,26). The number of hydrogen-bond donors (Lipinski definition) is 1. The van der Waals surface area contributed by atoms with Gasteiger partial charge in [0.15, 0.2) is 0 Å². The van der Waals surface area contributed by atoms with Crippen molar-refractivity contribution in [2.45, 2.75) is 51.6 Å². The number of carbonyl (C=O) groups is 3. The number of nitrogens with zero attached hydrogens (tertiary/aromatic N) is 2. The van der Waals surface area contributed by atoms with Gasteiger partial charge in [-0.3, -0.25) is 14.5 Å². The minimum atomic E-state index is -0.792. The first kappa shape index (κ1) is 18.4. The molecule has 0 aromatic heterocycles. The fraction of sp³-hybridized carbons (Fsp3) is 0.550. The lowest BCUT2D eigenvalue weighted by molar-refractivity contribution is -0.139. The van der Waals surface area contributed by atoms with Gasteiger partial charge in [-0.15, -0.1) is 0 Å². The Morgan fingerprint density at radius 2 is 1.85 bits per heavy atom. The second kappa shape index (κ2) is 7.09. The Morgan fingerprint density at radius 3 is 2.46 bits per heavy atom. The average molecular weight is 357 g/mol. The number of imide groups is 1. The van der Waals surface area contributed by atoms with Crippen LogP contribution in [0, 0.1) is 12.8 Å². The summed E-state index contributed by atoms with van der Waals surface area (Å²) in [6, 6.07) is 7.51. The van der Waals surface area contributed by atoms with Crippen molar-refractivity contribution in [3.8, 4) is 0 Å². The largest absolute Gasteiger partial charge is 0.340 e. The average Bonchev–Trinajstić information content (AvgIpc) is 2.84. The summed E-state index contributed by atoms with van der Waals surface area (Å²) in [6.07, 6.45) is 3.15. The van der Waals surface area contributed by atoms with Crippen LogP contribution in [0.2, 0.25) is 0 Å². The fourth-order valence-corrected chi connectivity index (χ4v) is 3.73. The predicted molar refractivity (Wildman–Crippen MR) is 98.3 cm³/mol. The summed E-state index contributed by atoms with van der Waals surface area (Å²) in [5, 5.41) is 2.86. The van der Waals surface area contributed by atoms with E-state index >= 15 is 0 Å². The van der Waals surface area contributed by atoms with E-state index in [0.29, 0.717) is 25.3 Å². The Hall–Kier alpha value is -2.37. The normalized spacial score (nSPS) is 25.5. The molecule has 140 valence electrons. The van der Waals surface area contributed by atoms with Crippen LogP contribution in [0.15, 0.2) is 24.3 Å². The van der Waals surface area contributed by atoms with Gasteiger partial charge in [0, 0.05) is 13.6 Å². The van der Waals surface area contributed by atoms with E-state index in [1.54, 1.807) is 11.9 Å². The lowest BCUT2D eigenvalue weighted by Gasteiger charge is -2.33. The molecule has 2 aliphatic rings. The molecule has 1 aliphatic carbocycles. The predicted octanol–water partition coefficient (Wildman–Crippen LogP) is 2.45. The first-order chi connectivity index (χ1) is 12.3. The molecule has 1 saturated carbocycles. The summed E-state index contributed by atoms with van der Waals surface area (Å²) < 4.78 is 0. The Kier molecular flexibility index (Phi) is 5.03. The second-order valence-electron chi connectivity index (χ2n) is 7.82. The monoisotopic (exact) mass is 357 g/mol. The Morgan fingerprint density at radius 1 is 1.23 bits per heavy atom. The van der Waals surface area contributed by atoms with E-state index in [1.807, 2.05) is 31.2 Å². The van der Waals surface area contributed by atoms with Crippen molar-refractivity contribution < 1.29 is 14.4 Å². The van der Waals surface area contributed by atoms with Gasteiger partial charge in [-0.2, -0.15) is 0 Å². The maximum Gasteiger partial charge on any atom is 0.325 e. The van der Waals surface area contributed by atoms with Crippen LogP contribution in [0.5, 0.6) is 0 Å². The molecule has 6 nitrogen and oxygen atoms in total. The molecule has 3 rings (SSSR count). The van der Waals surface area contributed by atoms with Crippen LogP contribution in [0.25, 0.3) is 0 Å². The van der Waals surface area contributed by atoms with Crippen molar-refractivity contribution in [2.75, 3.05) is 13.6 Å². The van der Waals surface area contributed by atoms with Crippen molar-refractivity contribution >= 4 is 17.8 Å². The number of likely N-dealkylation sites (N-methyl/N-ethyl adjacent to an activating group) is 1. The third kappa shape index (κ3) is 3.59. The van der Waals surface area contributed by atoms with Crippen molar-refractivity contribution in [1.82, 2.24) is 15.1 Å². The third-order valence-corrected chi connectivity index (χ3v) is 5.63. The molecule has 1 spiro atoms. The van der Waals surface area contributed by atoms with Gasteiger partial charge >= 0.3 is 6.03 Å². The quantitative estimate of drug-likeness (QED) is 0.842. The van der Waals surface area contributed by atoms with Crippen LogP contribution in [-0.4, -0.2) is 46.8 Å². The summed E-state index contributed by atoms with van der Waals surface area (Å²) in [5.74, 6) is 0.0865. The van der Waals surface area contributed by atoms with Gasteiger partial charge in [0.25, 0.3) is 5.91 Å². The van der Waals surface area contributed by atoms with Gasteiger partial charge in [0.05, 0.1) is 0 Å². The lowest BCUT2D eigenvalue weighted by atomic mass is 9.77. The number of rotatable bonds is 4. The molecule has 1 heterocycles. The zero-order chi connectivity index (χ0) is 18.9. The summed E-state index contributed by atoms with van der Waals surface area (Å²) in [4.78, 5) is 40.3. The van der Waals surface area contributed by atoms with E-state index in [-0.39, 0.29) is 18.4 Å². The van der Waals surface area contributed by atoms with Crippen LogP contribution >= 0.6 is 0 Å². The van der Waals surface area contributed by atoms with Crippen molar-refractivity contribution in [2.24, 2.45) is 5.92 Å². The molecule has 0 bridgehead atoms.